The van der Waals surface area contributed by atoms with E-state index < -0.39 is 40.1 Å². The maximum Gasteiger partial charge on any atom is 0.243 e. The number of aryl methyl sites for hydroxylation is 12. The fourth-order valence-electron chi connectivity index (χ4n) is 14.2. The molecule has 28 nitrogen and oxygen atoms in total. The van der Waals surface area contributed by atoms with Gasteiger partial charge in [0.15, 0.2) is 20.6 Å². The third-order valence-corrected chi connectivity index (χ3v) is 31.6. The Kier molecular flexibility index (Phi) is 29.9. The summed E-state index contributed by atoms with van der Waals surface area (Å²) < 4.78 is 106. The van der Waals surface area contributed by atoms with Gasteiger partial charge in [-0.1, -0.05) is 159 Å². The second kappa shape index (κ2) is 40.5. The van der Waals surface area contributed by atoms with Crippen LogP contribution in [0.2, 0.25) is 0 Å². The average molecular weight is 1890 g/mol. The van der Waals surface area contributed by atoms with Crippen molar-refractivity contribution in [2.75, 3.05) is 34.2 Å². The summed E-state index contributed by atoms with van der Waals surface area (Å²) in [6, 6.07) is 60.0. The molecule has 0 aliphatic heterocycles. The predicted molar refractivity (Wildman–Crippen MR) is 514 cm³/mol. The summed E-state index contributed by atoms with van der Waals surface area (Å²) in [5.74, 6) is 0. The maximum absolute atomic E-state index is 13.2. The van der Waals surface area contributed by atoms with Gasteiger partial charge >= 0.3 is 0 Å². The van der Waals surface area contributed by atoms with E-state index in [2.05, 4.69) is 80.7 Å². The van der Waals surface area contributed by atoms with Crippen molar-refractivity contribution in [3.05, 3.63) is 262 Å². The minimum Gasteiger partial charge on any atom is -0.228 e. The van der Waals surface area contributed by atoms with Crippen molar-refractivity contribution >= 4 is 130 Å². The minimum absolute atomic E-state index is 0.0768. The summed E-state index contributed by atoms with van der Waals surface area (Å²) in [6.07, 6.45) is 0. The van der Waals surface area contributed by atoms with Gasteiger partial charge in [0.25, 0.3) is 0 Å². The minimum atomic E-state index is -3.84. The van der Waals surface area contributed by atoms with Crippen molar-refractivity contribution in [3.8, 4) is 45.0 Å². The molecule has 0 saturated heterocycles. The number of nitrogens with zero attached hydrogens (tertiary/aromatic N) is 19. The fourth-order valence-corrected chi connectivity index (χ4v) is 23.2. The lowest BCUT2D eigenvalue weighted by molar-refractivity contribution is 0.410. The van der Waals surface area contributed by atoms with E-state index >= 15 is 0 Å². The van der Waals surface area contributed by atoms with E-state index in [0.29, 0.717) is 126 Å². The Morgan fingerprint density at radius 1 is 0.292 bits per heavy atom. The molecule has 2 N–H and O–H groups in total. The zero-order valence-corrected chi connectivity index (χ0v) is 81.6. The number of hydrogen-bond donors (Lipinski definition) is 1. The van der Waals surface area contributed by atoms with Crippen LogP contribution in [-0.2, 0) is 40.1 Å². The van der Waals surface area contributed by atoms with Crippen molar-refractivity contribution < 1.29 is 33.7 Å². The molecule has 0 radical (unpaired) electrons. The number of sulfonamides is 4. The Balaban J connectivity index is 0.000000148. The zero-order valence-electron chi connectivity index (χ0n) is 75.1. The second-order valence-corrected chi connectivity index (χ2v) is 42.5. The van der Waals surface area contributed by atoms with Crippen LogP contribution in [0.3, 0.4) is 0 Å². The lowest BCUT2D eigenvalue weighted by Gasteiger charge is -2.22. The highest BCUT2D eigenvalue weighted by Gasteiger charge is 2.30. The molecule has 0 atom stereocenters. The van der Waals surface area contributed by atoms with Crippen LogP contribution in [0, 0.1) is 83.1 Å². The molecule has 16 aromatic rings. The molecule has 36 heteroatoms. The first-order valence-electron chi connectivity index (χ1n) is 41.1. The predicted octanol–water partition coefficient (Wildman–Crippen LogP) is 18.6. The van der Waals surface area contributed by atoms with Crippen molar-refractivity contribution in [3.63, 3.8) is 0 Å². The van der Waals surface area contributed by atoms with Gasteiger partial charge in [-0.25, -0.2) is 83.0 Å². The third kappa shape index (κ3) is 21.9. The van der Waals surface area contributed by atoms with Gasteiger partial charge in [-0.15, -0.1) is 40.8 Å². The summed E-state index contributed by atoms with van der Waals surface area (Å²) in [4.78, 5) is 36.9. The SMILES string of the molecule is CCN(CC)S(=O)(=O)c1cc(-c2nnc(Sc3nc(C)cc(C)n3)c3ccccc23)ccc1C.Cc1cc(C)nc(Sc2nnc(-c3ccc(C)c(S(=O)(=O)N(C)C(C)C)c3)c3ccccc23)n1.Cc1cc(C)nc(Sc2nnc(-c3ccc(C)c(S(=O)(=O)N(C)C)c3)c3ccccc23)n1.Cc1cc(C)nc(Sc2nnc(-c3ccc(C)c(S(N)(=O)=O)c3)c3ccccc23)n1. The average Bonchev–Trinajstić information content (AvgIpc) is 0.770. The van der Waals surface area contributed by atoms with Crippen molar-refractivity contribution in [1.29, 1.82) is 0 Å². The normalized spacial score (nSPS) is 11.9. The first kappa shape index (κ1) is 96.0. The molecule has 0 fully saturated rings. The third-order valence-electron chi connectivity index (χ3n) is 20.8. The van der Waals surface area contributed by atoms with Gasteiger partial charge < -0.3 is 0 Å². The molecule has 8 aromatic heterocycles. The van der Waals surface area contributed by atoms with Crippen LogP contribution in [0.1, 0.15) is 95.5 Å². The van der Waals surface area contributed by atoms with Crippen molar-refractivity contribution in [2.24, 2.45) is 5.14 Å². The highest BCUT2D eigenvalue weighted by atomic mass is 32.2. The number of fused-ring (bicyclic) bond motifs is 4. The van der Waals surface area contributed by atoms with E-state index in [1.807, 2.05) is 248 Å². The van der Waals surface area contributed by atoms with Gasteiger partial charge in [-0.2, -0.15) is 8.61 Å². The molecule has 8 heterocycles. The van der Waals surface area contributed by atoms with Gasteiger partial charge in [0.1, 0.15) is 42.9 Å². The molecule has 8 aromatic carbocycles. The van der Waals surface area contributed by atoms with E-state index in [0.717, 1.165) is 88.6 Å². The molecule has 0 amide bonds. The molecule has 16 rings (SSSR count). The van der Waals surface area contributed by atoms with Crippen molar-refractivity contribution in [2.45, 2.75) is 177 Å². The lowest BCUT2D eigenvalue weighted by Crippen LogP contribution is -2.33. The fraction of sp³-hybridized carbons (Fsp3) is 0.234. The Hall–Kier alpha value is -11.5. The van der Waals surface area contributed by atoms with Crippen LogP contribution in [0.5, 0.6) is 0 Å². The highest BCUT2D eigenvalue weighted by molar-refractivity contribution is 8.00. The number of primary sulfonamides is 1. The Bertz CT molecular complexity index is 7250. The number of rotatable bonds is 22. The van der Waals surface area contributed by atoms with Gasteiger partial charge in [0.05, 0.1) is 19.6 Å². The largest absolute Gasteiger partial charge is 0.243 e. The topological polar surface area (TPSA) is 379 Å². The first-order valence-corrected chi connectivity index (χ1v) is 50.2. The van der Waals surface area contributed by atoms with E-state index in [9.17, 15) is 33.7 Å². The molecule has 0 bridgehead atoms. The number of aromatic nitrogens is 16. The summed E-state index contributed by atoms with van der Waals surface area (Å²) >= 11 is 5.45. The van der Waals surface area contributed by atoms with Gasteiger partial charge in [-0.05, 0) is 215 Å². The Labute approximate surface area is 774 Å². The molecule has 0 spiro atoms. The number of hydrogen-bond acceptors (Lipinski definition) is 28. The summed E-state index contributed by atoms with van der Waals surface area (Å²) in [5, 5.41) is 53.5. The van der Waals surface area contributed by atoms with Gasteiger partial charge in [0, 0.05) is 151 Å². The van der Waals surface area contributed by atoms with E-state index in [1.165, 1.54) is 74.1 Å². The first-order chi connectivity index (χ1) is 61.7. The lowest BCUT2D eigenvalue weighted by atomic mass is 10.0. The quantitative estimate of drug-likeness (QED) is 0.0616. The molecule has 130 heavy (non-hydrogen) atoms. The molecular weight excluding hydrogens is 1790 g/mol. The van der Waals surface area contributed by atoms with Crippen molar-refractivity contribution in [1.82, 2.24) is 93.6 Å². The van der Waals surface area contributed by atoms with Gasteiger partial charge in [-0.3, -0.25) is 0 Å². The summed E-state index contributed by atoms with van der Waals surface area (Å²) in [7, 11) is -10.0. The van der Waals surface area contributed by atoms with Crippen LogP contribution >= 0.6 is 47.0 Å². The summed E-state index contributed by atoms with van der Waals surface area (Å²) in [6.45, 7) is 30.8. The van der Waals surface area contributed by atoms with E-state index in [-0.39, 0.29) is 20.7 Å². The molecule has 668 valence electrons. The summed E-state index contributed by atoms with van der Waals surface area (Å²) in [5.41, 5.74) is 15.0. The molecule has 0 saturated carbocycles. The number of nitrogens with two attached hydrogens (primary N) is 1. The van der Waals surface area contributed by atoms with Crippen LogP contribution in [0.15, 0.2) is 254 Å². The molecular formula is C94H96N20O8S8. The molecule has 0 aliphatic carbocycles. The molecule has 0 aliphatic rings. The second-order valence-electron chi connectivity index (χ2n) is 31.2. The highest BCUT2D eigenvalue weighted by Crippen LogP contribution is 2.42. The Morgan fingerprint density at radius 2 is 0.515 bits per heavy atom. The monoisotopic (exact) mass is 1890 g/mol. The van der Waals surface area contributed by atoms with E-state index in [4.69, 9.17) is 5.14 Å². The van der Waals surface area contributed by atoms with Gasteiger partial charge in [0.2, 0.25) is 40.1 Å². The standard InChI is InChI=1S/2C25H27N5O2S2.C23H23N5O2S2.C21H19N5O2S2/c1-15(2)30(6)34(31,32)22-14-19(12-11-16(22)3)23-20-9-7-8-10-21(20)24(29-28-23)33-25-26-17(4)13-18(5)27-25;1-6-30(7-2)34(31,32)22-15-19(13-12-16(22)3)23-20-10-8-9-11-21(20)24(29-28-23)33-25-26-17(4)14-18(5)27-25;1-14-10-11-17(13-20(14)32(29,30)28(4)5)21-18-8-6-7-9-19(18)22(27-26-21)31-23-24-15(2)12-16(3)25-23;1-12-8-9-15(11-18(12)30(22,27)28)19-16-6-4-5-7-17(16)20(26-25-19)29-21-23-13(2)10-14(3)24-21/h7-15H,1-6H3;8-15H,6-7H2,1-5H3;6-13H,1-5H3;4-11H,1-3H3,(H2,22,27,28). The van der Waals surface area contributed by atoms with E-state index in [1.54, 1.807) is 64.2 Å². The van der Waals surface area contributed by atoms with Crippen LogP contribution < -0.4 is 5.14 Å². The van der Waals surface area contributed by atoms with Crippen LogP contribution in [-0.4, -0.2) is 168 Å². The smallest absolute Gasteiger partial charge is 0.228 e. The van der Waals surface area contributed by atoms with Crippen LogP contribution in [0.4, 0.5) is 0 Å². The Morgan fingerprint density at radius 3 is 0.746 bits per heavy atom. The number of benzene rings is 8. The van der Waals surface area contributed by atoms with Crippen LogP contribution in [0.25, 0.3) is 88.1 Å². The maximum atomic E-state index is 13.2. The zero-order chi connectivity index (χ0) is 93.6. The molecule has 0 unspecified atom stereocenters.